The lowest BCUT2D eigenvalue weighted by Crippen LogP contribution is -2.35. The summed E-state index contributed by atoms with van der Waals surface area (Å²) in [7, 11) is 3.28. The van der Waals surface area contributed by atoms with Crippen molar-refractivity contribution in [2.24, 2.45) is 0 Å². The summed E-state index contributed by atoms with van der Waals surface area (Å²) >= 11 is 0. The van der Waals surface area contributed by atoms with Gasteiger partial charge in [0.2, 0.25) is 0 Å². The van der Waals surface area contributed by atoms with Crippen molar-refractivity contribution < 1.29 is 14.3 Å². The summed E-state index contributed by atoms with van der Waals surface area (Å²) < 4.78 is 10.1. The molecule has 0 spiro atoms. The molecule has 1 rings (SSSR count). The minimum atomic E-state index is -0.0806. The Balaban J connectivity index is 2.74. The van der Waals surface area contributed by atoms with E-state index >= 15 is 0 Å². The van der Waals surface area contributed by atoms with Gasteiger partial charge in [0.15, 0.2) is 0 Å². The fourth-order valence-corrected chi connectivity index (χ4v) is 1.91. The summed E-state index contributed by atoms with van der Waals surface area (Å²) in [4.78, 5) is 18.6. The molecule has 0 saturated heterocycles. The Kier molecular flexibility index (Phi) is 8.38. The van der Waals surface area contributed by atoms with Gasteiger partial charge in [-0.1, -0.05) is 6.07 Å². The number of hydrogen-bond donors (Lipinski definition) is 1. The van der Waals surface area contributed by atoms with Crippen molar-refractivity contribution in [1.82, 2.24) is 9.88 Å². The summed E-state index contributed by atoms with van der Waals surface area (Å²) in [5, 5.41) is 3.11. The summed E-state index contributed by atoms with van der Waals surface area (Å²) in [5.41, 5.74) is 0.446. The Morgan fingerprint density at radius 1 is 1.24 bits per heavy atom. The first kappa shape index (κ1) is 17.4. The van der Waals surface area contributed by atoms with Gasteiger partial charge in [0.1, 0.15) is 11.5 Å². The van der Waals surface area contributed by atoms with E-state index in [9.17, 15) is 4.79 Å². The van der Waals surface area contributed by atoms with Gasteiger partial charge in [-0.05, 0) is 25.5 Å². The normalized spacial score (nSPS) is 10.4. The van der Waals surface area contributed by atoms with E-state index < -0.39 is 0 Å². The SMILES string of the molecule is CCNc1cccc(C(=O)N(CCCOC)CCOC)n1. The number of carbonyl (C=O) groups is 1. The van der Waals surface area contributed by atoms with Gasteiger partial charge in [-0.25, -0.2) is 4.98 Å². The van der Waals surface area contributed by atoms with Crippen LogP contribution in [-0.4, -0.2) is 62.9 Å². The van der Waals surface area contributed by atoms with E-state index in [0.717, 1.165) is 13.0 Å². The molecule has 118 valence electrons. The molecular weight excluding hydrogens is 270 g/mol. The standard InChI is InChI=1S/C15H25N3O3/c1-4-16-14-8-5-7-13(17-14)15(19)18(10-12-21-3)9-6-11-20-2/h5,7-8H,4,6,9-12H2,1-3H3,(H,16,17). The lowest BCUT2D eigenvalue weighted by Gasteiger charge is -2.22. The minimum absolute atomic E-state index is 0.0806. The largest absolute Gasteiger partial charge is 0.385 e. The van der Waals surface area contributed by atoms with E-state index in [-0.39, 0.29) is 5.91 Å². The van der Waals surface area contributed by atoms with Crippen LogP contribution in [0, 0.1) is 0 Å². The van der Waals surface area contributed by atoms with E-state index in [0.29, 0.717) is 37.8 Å². The number of ether oxygens (including phenoxy) is 2. The van der Waals surface area contributed by atoms with Gasteiger partial charge in [-0.15, -0.1) is 0 Å². The molecule has 0 aromatic carbocycles. The van der Waals surface area contributed by atoms with Crippen molar-refractivity contribution >= 4 is 11.7 Å². The summed E-state index contributed by atoms with van der Waals surface area (Å²) in [6.07, 6.45) is 0.791. The number of carbonyl (C=O) groups excluding carboxylic acids is 1. The predicted molar refractivity (Wildman–Crippen MR) is 82.7 cm³/mol. The highest BCUT2D eigenvalue weighted by molar-refractivity contribution is 5.92. The van der Waals surface area contributed by atoms with Crippen LogP contribution in [0.15, 0.2) is 18.2 Å². The maximum absolute atomic E-state index is 12.5. The molecule has 21 heavy (non-hydrogen) atoms. The number of aromatic nitrogens is 1. The first-order valence-electron chi connectivity index (χ1n) is 7.21. The first-order chi connectivity index (χ1) is 10.2. The number of anilines is 1. The van der Waals surface area contributed by atoms with Crippen LogP contribution in [0.4, 0.5) is 5.82 Å². The van der Waals surface area contributed by atoms with Crippen molar-refractivity contribution in [2.75, 3.05) is 52.4 Å². The number of amides is 1. The topological polar surface area (TPSA) is 63.7 Å². The van der Waals surface area contributed by atoms with Crippen molar-refractivity contribution in [1.29, 1.82) is 0 Å². The number of hydrogen-bond acceptors (Lipinski definition) is 5. The van der Waals surface area contributed by atoms with E-state index in [2.05, 4.69) is 10.3 Å². The zero-order valence-electron chi connectivity index (χ0n) is 13.1. The molecule has 6 heteroatoms. The third-order valence-electron chi connectivity index (χ3n) is 2.96. The van der Waals surface area contributed by atoms with Crippen LogP contribution in [0.25, 0.3) is 0 Å². The fraction of sp³-hybridized carbons (Fsp3) is 0.600. The van der Waals surface area contributed by atoms with E-state index in [4.69, 9.17) is 9.47 Å². The molecule has 0 radical (unpaired) electrons. The molecule has 1 aromatic rings. The Bertz CT molecular complexity index is 426. The third-order valence-corrected chi connectivity index (χ3v) is 2.96. The molecule has 0 bridgehead atoms. The minimum Gasteiger partial charge on any atom is -0.385 e. The summed E-state index contributed by atoms with van der Waals surface area (Å²) in [6, 6.07) is 5.42. The number of pyridine rings is 1. The van der Waals surface area contributed by atoms with Crippen LogP contribution in [-0.2, 0) is 9.47 Å². The molecule has 0 aliphatic heterocycles. The second-order valence-corrected chi connectivity index (χ2v) is 4.57. The van der Waals surface area contributed by atoms with Gasteiger partial charge in [0, 0.05) is 40.5 Å². The summed E-state index contributed by atoms with van der Waals surface area (Å²) in [6.45, 7) is 5.07. The number of rotatable bonds is 10. The van der Waals surface area contributed by atoms with Gasteiger partial charge in [0.25, 0.3) is 5.91 Å². The second-order valence-electron chi connectivity index (χ2n) is 4.57. The van der Waals surface area contributed by atoms with E-state index in [1.54, 1.807) is 25.2 Å². The zero-order valence-corrected chi connectivity index (χ0v) is 13.1. The maximum Gasteiger partial charge on any atom is 0.272 e. The molecule has 6 nitrogen and oxygen atoms in total. The average Bonchev–Trinajstić information content (AvgIpc) is 2.51. The number of methoxy groups -OCH3 is 2. The highest BCUT2D eigenvalue weighted by Gasteiger charge is 2.16. The number of nitrogens with one attached hydrogen (secondary N) is 1. The van der Waals surface area contributed by atoms with Crippen molar-refractivity contribution in [3.05, 3.63) is 23.9 Å². The van der Waals surface area contributed by atoms with Gasteiger partial charge in [-0.3, -0.25) is 4.79 Å². The van der Waals surface area contributed by atoms with Crippen molar-refractivity contribution in [3.8, 4) is 0 Å². The van der Waals surface area contributed by atoms with Crippen LogP contribution in [0.3, 0.4) is 0 Å². The maximum atomic E-state index is 12.5. The molecule has 1 aromatic heterocycles. The van der Waals surface area contributed by atoms with Crippen molar-refractivity contribution in [2.45, 2.75) is 13.3 Å². The molecule has 1 heterocycles. The Hall–Kier alpha value is -1.66. The van der Waals surface area contributed by atoms with Crippen LogP contribution in [0.5, 0.6) is 0 Å². The lowest BCUT2D eigenvalue weighted by atomic mass is 10.3. The molecule has 1 N–H and O–H groups in total. The quantitative estimate of drug-likeness (QED) is 0.665. The Morgan fingerprint density at radius 2 is 2.00 bits per heavy atom. The monoisotopic (exact) mass is 295 g/mol. The molecule has 0 atom stereocenters. The Labute approximate surface area is 126 Å². The highest BCUT2D eigenvalue weighted by Crippen LogP contribution is 2.08. The molecule has 0 aliphatic carbocycles. The predicted octanol–water partition coefficient (Wildman–Crippen LogP) is 1.64. The van der Waals surface area contributed by atoms with Crippen LogP contribution < -0.4 is 5.32 Å². The molecule has 0 unspecified atom stereocenters. The van der Waals surface area contributed by atoms with E-state index in [1.807, 2.05) is 19.1 Å². The average molecular weight is 295 g/mol. The van der Waals surface area contributed by atoms with Gasteiger partial charge >= 0.3 is 0 Å². The van der Waals surface area contributed by atoms with Gasteiger partial charge < -0.3 is 19.7 Å². The Morgan fingerprint density at radius 3 is 2.67 bits per heavy atom. The number of nitrogens with zero attached hydrogens (tertiary/aromatic N) is 2. The molecule has 0 saturated carbocycles. The van der Waals surface area contributed by atoms with Crippen LogP contribution >= 0.6 is 0 Å². The molecule has 1 amide bonds. The van der Waals surface area contributed by atoms with Crippen LogP contribution in [0.1, 0.15) is 23.8 Å². The second kappa shape index (κ2) is 10.1. The van der Waals surface area contributed by atoms with Gasteiger partial charge in [-0.2, -0.15) is 0 Å². The highest BCUT2D eigenvalue weighted by atomic mass is 16.5. The summed E-state index contributed by atoms with van der Waals surface area (Å²) in [5.74, 6) is 0.634. The first-order valence-corrected chi connectivity index (χ1v) is 7.21. The van der Waals surface area contributed by atoms with Crippen LogP contribution in [0.2, 0.25) is 0 Å². The lowest BCUT2D eigenvalue weighted by molar-refractivity contribution is 0.0668. The van der Waals surface area contributed by atoms with E-state index in [1.165, 1.54) is 0 Å². The zero-order chi connectivity index (χ0) is 15.5. The fourth-order valence-electron chi connectivity index (χ4n) is 1.91. The van der Waals surface area contributed by atoms with Crippen molar-refractivity contribution in [3.63, 3.8) is 0 Å². The molecule has 0 aliphatic rings. The smallest absolute Gasteiger partial charge is 0.272 e. The molecule has 0 fully saturated rings. The third kappa shape index (κ3) is 6.10. The molecular formula is C15H25N3O3. The van der Waals surface area contributed by atoms with Gasteiger partial charge in [0.05, 0.1) is 6.61 Å².